The molecule has 0 saturated carbocycles. The van der Waals surface area contributed by atoms with Crippen LogP contribution in [0.15, 0.2) is 24.3 Å². The molecule has 3 rings (SSSR count). The van der Waals surface area contributed by atoms with Gasteiger partial charge in [-0.2, -0.15) is 0 Å². The van der Waals surface area contributed by atoms with Gasteiger partial charge in [0.1, 0.15) is 0 Å². The molecule has 25 heavy (non-hydrogen) atoms. The summed E-state index contributed by atoms with van der Waals surface area (Å²) in [5, 5.41) is 0. The van der Waals surface area contributed by atoms with E-state index >= 15 is 0 Å². The Kier molecular flexibility index (Phi) is 6.34. The summed E-state index contributed by atoms with van der Waals surface area (Å²) >= 11 is 3.98. The second-order valence-corrected chi connectivity index (χ2v) is 9.60. The standard InChI is InChI=1S/C19H26N2O2S2/c1-20(2)17(22)16-5-3-10-21(13-16)18(23)14-6-8-15(9-7-14)19-24-11-4-12-25-19/h6-9,16,19H,3-5,10-13H2,1-2H3/t16-/m0/s1. The van der Waals surface area contributed by atoms with Crippen LogP contribution in [0.1, 0.15) is 39.8 Å². The van der Waals surface area contributed by atoms with Crippen LogP contribution in [-0.2, 0) is 4.79 Å². The van der Waals surface area contributed by atoms with Crippen LogP contribution in [0.2, 0.25) is 0 Å². The Morgan fingerprint density at radius 3 is 2.40 bits per heavy atom. The number of piperidine rings is 1. The van der Waals surface area contributed by atoms with Crippen molar-refractivity contribution in [2.24, 2.45) is 5.92 Å². The second kappa shape index (κ2) is 8.49. The quantitative estimate of drug-likeness (QED) is 0.807. The van der Waals surface area contributed by atoms with E-state index < -0.39 is 0 Å². The highest BCUT2D eigenvalue weighted by molar-refractivity contribution is 8.16. The summed E-state index contributed by atoms with van der Waals surface area (Å²) in [6.07, 6.45) is 3.05. The van der Waals surface area contributed by atoms with E-state index in [9.17, 15) is 9.59 Å². The summed E-state index contributed by atoms with van der Waals surface area (Å²) < 4.78 is 0.495. The average Bonchev–Trinajstić information content (AvgIpc) is 2.67. The molecular weight excluding hydrogens is 352 g/mol. The van der Waals surface area contributed by atoms with Crippen LogP contribution in [0.5, 0.6) is 0 Å². The third kappa shape index (κ3) is 4.53. The highest BCUT2D eigenvalue weighted by atomic mass is 32.2. The van der Waals surface area contributed by atoms with Crippen molar-refractivity contribution in [2.75, 3.05) is 38.7 Å². The second-order valence-electron chi connectivity index (χ2n) is 6.87. The molecule has 6 heteroatoms. The number of likely N-dealkylation sites (tertiary alicyclic amines) is 1. The molecule has 1 aromatic carbocycles. The topological polar surface area (TPSA) is 40.6 Å². The first-order valence-electron chi connectivity index (χ1n) is 8.90. The molecule has 2 heterocycles. The van der Waals surface area contributed by atoms with Crippen molar-refractivity contribution >= 4 is 35.3 Å². The largest absolute Gasteiger partial charge is 0.349 e. The van der Waals surface area contributed by atoms with E-state index in [1.54, 1.807) is 19.0 Å². The molecule has 0 aromatic heterocycles. The molecule has 0 unspecified atom stereocenters. The number of hydrogen-bond donors (Lipinski definition) is 0. The number of hydrogen-bond acceptors (Lipinski definition) is 4. The lowest BCUT2D eigenvalue weighted by Crippen LogP contribution is -2.45. The minimum atomic E-state index is -0.0676. The Hall–Kier alpha value is -1.14. The van der Waals surface area contributed by atoms with Gasteiger partial charge in [0.2, 0.25) is 5.91 Å². The van der Waals surface area contributed by atoms with Crippen LogP contribution in [0.4, 0.5) is 0 Å². The third-order valence-electron chi connectivity index (χ3n) is 4.76. The first-order chi connectivity index (χ1) is 12.1. The molecule has 1 atom stereocenters. The Morgan fingerprint density at radius 2 is 1.76 bits per heavy atom. The number of rotatable bonds is 3. The number of amides is 2. The minimum Gasteiger partial charge on any atom is -0.349 e. The molecule has 0 aliphatic carbocycles. The van der Waals surface area contributed by atoms with Gasteiger partial charge in [-0.05, 0) is 48.5 Å². The predicted molar refractivity (Wildman–Crippen MR) is 106 cm³/mol. The number of benzene rings is 1. The predicted octanol–water partition coefficient (Wildman–Crippen LogP) is 3.50. The summed E-state index contributed by atoms with van der Waals surface area (Å²) in [7, 11) is 3.56. The van der Waals surface area contributed by atoms with Crippen LogP contribution in [0.25, 0.3) is 0 Å². The zero-order valence-corrected chi connectivity index (χ0v) is 16.6. The fourth-order valence-electron chi connectivity index (χ4n) is 3.37. The van der Waals surface area contributed by atoms with Crippen molar-refractivity contribution in [3.05, 3.63) is 35.4 Å². The summed E-state index contributed by atoms with van der Waals surface area (Å²) in [6.45, 7) is 1.28. The van der Waals surface area contributed by atoms with Crippen LogP contribution in [0.3, 0.4) is 0 Å². The molecule has 1 aromatic rings. The molecule has 4 nitrogen and oxygen atoms in total. The fraction of sp³-hybridized carbons (Fsp3) is 0.579. The molecule has 2 aliphatic heterocycles. The monoisotopic (exact) mass is 378 g/mol. The Morgan fingerprint density at radius 1 is 1.08 bits per heavy atom. The number of carbonyl (C=O) groups excluding carboxylic acids is 2. The van der Waals surface area contributed by atoms with Crippen LogP contribution in [0, 0.1) is 5.92 Å². The smallest absolute Gasteiger partial charge is 0.253 e. The highest BCUT2D eigenvalue weighted by Gasteiger charge is 2.29. The summed E-state index contributed by atoms with van der Waals surface area (Å²) in [5.74, 6) is 2.54. The van der Waals surface area contributed by atoms with E-state index in [1.165, 1.54) is 23.5 Å². The van der Waals surface area contributed by atoms with Crippen molar-refractivity contribution in [1.82, 2.24) is 9.80 Å². The Balaban J connectivity index is 1.64. The van der Waals surface area contributed by atoms with Gasteiger partial charge in [0, 0.05) is 32.7 Å². The van der Waals surface area contributed by atoms with Gasteiger partial charge < -0.3 is 9.80 Å². The van der Waals surface area contributed by atoms with E-state index in [4.69, 9.17) is 0 Å². The lowest BCUT2D eigenvalue weighted by molar-refractivity contribution is -0.134. The van der Waals surface area contributed by atoms with Gasteiger partial charge >= 0.3 is 0 Å². The van der Waals surface area contributed by atoms with Crippen LogP contribution in [-0.4, -0.2) is 60.3 Å². The Bertz CT molecular complexity index is 612. The van der Waals surface area contributed by atoms with Gasteiger partial charge in [-0.1, -0.05) is 12.1 Å². The van der Waals surface area contributed by atoms with Crippen LogP contribution < -0.4 is 0 Å². The Labute approximate surface area is 158 Å². The van der Waals surface area contributed by atoms with Gasteiger partial charge in [-0.3, -0.25) is 9.59 Å². The van der Waals surface area contributed by atoms with E-state index in [1.807, 2.05) is 40.6 Å². The first-order valence-corrected chi connectivity index (χ1v) is 11.0. The molecule has 0 N–H and O–H groups in total. The van der Waals surface area contributed by atoms with Crippen LogP contribution >= 0.6 is 23.5 Å². The molecule has 2 fully saturated rings. The van der Waals surface area contributed by atoms with E-state index in [0.29, 0.717) is 11.1 Å². The fourth-order valence-corrected chi connectivity index (χ4v) is 6.27. The molecule has 2 saturated heterocycles. The lowest BCUT2D eigenvalue weighted by Gasteiger charge is -2.33. The van der Waals surface area contributed by atoms with E-state index in [2.05, 4.69) is 12.1 Å². The summed E-state index contributed by atoms with van der Waals surface area (Å²) in [6, 6.07) is 8.08. The summed E-state index contributed by atoms with van der Waals surface area (Å²) in [4.78, 5) is 28.5. The minimum absolute atomic E-state index is 0.0479. The maximum atomic E-state index is 12.8. The number of carbonyl (C=O) groups is 2. The highest BCUT2D eigenvalue weighted by Crippen LogP contribution is 2.43. The molecular formula is C19H26N2O2S2. The zero-order chi connectivity index (χ0) is 17.8. The van der Waals surface area contributed by atoms with Gasteiger partial charge in [-0.15, -0.1) is 23.5 Å². The molecule has 0 spiro atoms. The van der Waals surface area contributed by atoms with Crippen molar-refractivity contribution in [2.45, 2.75) is 23.8 Å². The lowest BCUT2D eigenvalue weighted by atomic mass is 9.96. The average molecular weight is 379 g/mol. The molecule has 0 radical (unpaired) electrons. The first kappa shape index (κ1) is 18.6. The van der Waals surface area contributed by atoms with E-state index in [-0.39, 0.29) is 17.7 Å². The zero-order valence-electron chi connectivity index (χ0n) is 14.9. The third-order valence-corrected chi connectivity index (χ3v) is 7.77. The van der Waals surface area contributed by atoms with Crippen molar-refractivity contribution in [1.29, 1.82) is 0 Å². The SMILES string of the molecule is CN(C)C(=O)[C@H]1CCCN(C(=O)c2ccc(C3SCCCS3)cc2)C1. The number of nitrogens with zero attached hydrogens (tertiary/aromatic N) is 2. The van der Waals surface area contributed by atoms with Gasteiger partial charge in [-0.25, -0.2) is 0 Å². The van der Waals surface area contributed by atoms with Gasteiger partial charge in [0.05, 0.1) is 10.5 Å². The maximum absolute atomic E-state index is 12.8. The molecule has 0 bridgehead atoms. The normalized spacial score (nSPS) is 21.8. The van der Waals surface area contributed by atoms with Crippen molar-refractivity contribution in [3.63, 3.8) is 0 Å². The summed E-state index contributed by atoms with van der Waals surface area (Å²) in [5.41, 5.74) is 2.03. The molecule has 136 valence electrons. The maximum Gasteiger partial charge on any atom is 0.253 e. The van der Waals surface area contributed by atoms with Gasteiger partial charge in [0.15, 0.2) is 0 Å². The van der Waals surface area contributed by atoms with E-state index in [0.717, 1.165) is 24.9 Å². The van der Waals surface area contributed by atoms with Gasteiger partial charge in [0.25, 0.3) is 5.91 Å². The molecule has 2 amide bonds. The molecule has 2 aliphatic rings. The van der Waals surface area contributed by atoms with Crippen molar-refractivity contribution in [3.8, 4) is 0 Å². The van der Waals surface area contributed by atoms with Crippen molar-refractivity contribution < 1.29 is 9.59 Å². The number of thioether (sulfide) groups is 2.